The highest BCUT2D eigenvalue weighted by Crippen LogP contribution is 2.17. The summed E-state index contributed by atoms with van der Waals surface area (Å²) in [7, 11) is -2.84. The van der Waals surface area contributed by atoms with E-state index < -0.39 is 9.84 Å². The van der Waals surface area contributed by atoms with E-state index in [-0.39, 0.29) is 23.3 Å². The zero-order chi connectivity index (χ0) is 12.9. The van der Waals surface area contributed by atoms with Crippen LogP contribution in [0.2, 0.25) is 0 Å². The molecular weight excluding hydrogens is 240 g/mol. The summed E-state index contributed by atoms with van der Waals surface area (Å²) in [6.45, 7) is 4.85. The summed E-state index contributed by atoms with van der Waals surface area (Å²) >= 11 is 0. The van der Waals surface area contributed by atoms with E-state index >= 15 is 0 Å². The van der Waals surface area contributed by atoms with Gasteiger partial charge in [0.15, 0.2) is 9.84 Å². The van der Waals surface area contributed by atoms with Gasteiger partial charge in [-0.1, -0.05) is 6.92 Å². The quantitative estimate of drug-likeness (QED) is 0.702. The van der Waals surface area contributed by atoms with Crippen molar-refractivity contribution < 1.29 is 13.2 Å². The average Bonchev–Trinajstić information content (AvgIpc) is 2.63. The summed E-state index contributed by atoms with van der Waals surface area (Å²) in [6.07, 6.45) is 1.65. The zero-order valence-corrected chi connectivity index (χ0v) is 11.3. The molecule has 1 fully saturated rings. The predicted molar refractivity (Wildman–Crippen MR) is 67.5 cm³/mol. The maximum atomic E-state index is 11.5. The smallest absolute Gasteiger partial charge is 0.233 e. The van der Waals surface area contributed by atoms with Crippen LogP contribution in [0.15, 0.2) is 0 Å². The van der Waals surface area contributed by atoms with Crippen LogP contribution in [0.25, 0.3) is 0 Å². The highest BCUT2D eigenvalue weighted by atomic mass is 32.2. The Hall–Kier alpha value is -0.620. The second-order valence-electron chi connectivity index (χ2n) is 4.76. The van der Waals surface area contributed by atoms with Gasteiger partial charge < -0.3 is 10.6 Å². The summed E-state index contributed by atoms with van der Waals surface area (Å²) in [4.78, 5) is 11.5. The summed E-state index contributed by atoms with van der Waals surface area (Å²) in [6, 6.07) is 0.326. The molecule has 1 rings (SSSR count). The monoisotopic (exact) mass is 262 g/mol. The van der Waals surface area contributed by atoms with Crippen molar-refractivity contribution in [1.29, 1.82) is 0 Å². The Morgan fingerprint density at radius 2 is 2.18 bits per heavy atom. The number of hydrogen-bond donors (Lipinski definition) is 2. The maximum Gasteiger partial charge on any atom is 0.233 e. The van der Waals surface area contributed by atoms with Gasteiger partial charge in [-0.05, 0) is 25.7 Å². The van der Waals surface area contributed by atoms with Crippen molar-refractivity contribution in [3.05, 3.63) is 0 Å². The third kappa shape index (κ3) is 5.50. The molecule has 2 unspecified atom stereocenters. The van der Waals surface area contributed by atoms with Gasteiger partial charge in [-0.15, -0.1) is 0 Å². The molecule has 0 aromatic heterocycles. The minimum absolute atomic E-state index is 0.0606. The van der Waals surface area contributed by atoms with Gasteiger partial charge in [-0.2, -0.15) is 0 Å². The Morgan fingerprint density at radius 1 is 1.47 bits per heavy atom. The normalized spacial score (nSPS) is 24.5. The van der Waals surface area contributed by atoms with Crippen LogP contribution in [0.1, 0.15) is 26.7 Å². The molecule has 0 spiro atoms. The van der Waals surface area contributed by atoms with Gasteiger partial charge in [0.2, 0.25) is 5.91 Å². The second-order valence-corrected chi connectivity index (χ2v) is 6.99. The van der Waals surface area contributed by atoms with Gasteiger partial charge in [0, 0.05) is 12.6 Å². The largest absolute Gasteiger partial charge is 0.355 e. The zero-order valence-electron chi connectivity index (χ0n) is 10.5. The van der Waals surface area contributed by atoms with E-state index in [9.17, 15) is 13.2 Å². The van der Waals surface area contributed by atoms with Crippen molar-refractivity contribution in [2.24, 2.45) is 5.92 Å². The minimum Gasteiger partial charge on any atom is -0.355 e. The Morgan fingerprint density at radius 3 is 2.71 bits per heavy atom. The average molecular weight is 262 g/mol. The van der Waals surface area contributed by atoms with Crippen molar-refractivity contribution in [2.45, 2.75) is 32.7 Å². The summed E-state index contributed by atoms with van der Waals surface area (Å²) < 4.78 is 22.4. The fraction of sp³-hybridized carbons (Fsp3) is 0.909. The number of amides is 1. The van der Waals surface area contributed by atoms with Crippen LogP contribution in [0.4, 0.5) is 0 Å². The standard InChI is InChI=1S/C11H22N2O3S/c1-3-9(2)12-7-11(14)13-6-10-4-5-17(15,16)8-10/h9-10,12H,3-8H2,1-2H3,(H,13,14). The highest BCUT2D eigenvalue weighted by Gasteiger charge is 2.27. The topological polar surface area (TPSA) is 75.3 Å². The van der Waals surface area contributed by atoms with E-state index in [1.165, 1.54) is 0 Å². The molecule has 0 saturated carbocycles. The first-order valence-electron chi connectivity index (χ1n) is 6.13. The molecule has 1 aliphatic heterocycles. The first-order valence-corrected chi connectivity index (χ1v) is 7.95. The van der Waals surface area contributed by atoms with Crippen molar-refractivity contribution >= 4 is 15.7 Å². The Kier molecular flexibility index (Phi) is 5.39. The number of hydrogen-bond acceptors (Lipinski definition) is 4. The molecule has 1 amide bonds. The third-order valence-electron chi connectivity index (χ3n) is 3.14. The van der Waals surface area contributed by atoms with E-state index in [4.69, 9.17) is 0 Å². The lowest BCUT2D eigenvalue weighted by atomic mass is 10.1. The fourth-order valence-electron chi connectivity index (χ4n) is 1.76. The lowest BCUT2D eigenvalue weighted by molar-refractivity contribution is -0.120. The molecule has 5 nitrogen and oxygen atoms in total. The van der Waals surface area contributed by atoms with Gasteiger partial charge >= 0.3 is 0 Å². The van der Waals surface area contributed by atoms with Crippen LogP contribution >= 0.6 is 0 Å². The lowest BCUT2D eigenvalue weighted by Gasteiger charge is -2.13. The Bertz CT molecular complexity index is 354. The fourth-order valence-corrected chi connectivity index (χ4v) is 3.63. The minimum atomic E-state index is -2.84. The maximum absolute atomic E-state index is 11.5. The van der Waals surface area contributed by atoms with Gasteiger partial charge in [0.1, 0.15) is 0 Å². The van der Waals surface area contributed by atoms with Crippen molar-refractivity contribution in [2.75, 3.05) is 24.6 Å². The van der Waals surface area contributed by atoms with Crippen LogP contribution in [0, 0.1) is 5.92 Å². The summed E-state index contributed by atoms with van der Waals surface area (Å²) in [5.74, 6) is 0.507. The lowest BCUT2D eigenvalue weighted by Crippen LogP contribution is -2.39. The molecule has 0 aromatic carbocycles. The van der Waals surface area contributed by atoms with E-state index in [2.05, 4.69) is 17.6 Å². The molecule has 1 aliphatic rings. The summed E-state index contributed by atoms with van der Waals surface area (Å²) in [5.41, 5.74) is 0. The molecule has 0 aliphatic carbocycles. The second kappa shape index (κ2) is 6.35. The molecule has 1 saturated heterocycles. The van der Waals surface area contributed by atoms with Crippen molar-refractivity contribution in [1.82, 2.24) is 10.6 Å². The summed E-state index contributed by atoms with van der Waals surface area (Å²) in [5, 5.41) is 5.87. The molecule has 6 heteroatoms. The Labute approximate surface area is 103 Å². The molecule has 2 atom stereocenters. The molecule has 0 aromatic rings. The van der Waals surface area contributed by atoms with Crippen LogP contribution < -0.4 is 10.6 Å². The van der Waals surface area contributed by atoms with Gasteiger partial charge in [-0.3, -0.25) is 4.79 Å². The van der Waals surface area contributed by atoms with Crippen LogP contribution in [0.3, 0.4) is 0 Å². The molecule has 0 radical (unpaired) electrons. The van der Waals surface area contributed by atoms with E-state index in [0.29, 0.717) is 25.6 Å². The highest BCUT2D eigenvalue weighted by molar-refractivity contribution is 7.91. The number of sulfone groups is 1. The van der Waals surface area contributed by atoms with Gasteiger partial charge in [0.25, 0.3) is 0 Å². The van der Waals surface area contributed by atoms with Gasteiger partial charge in [0.05, 0.1) is 18.1 Å². The number of nitrogens with one attached hydrogen (secondary N) is 2. The van der Waals surface area contributed by atoms with E-state index in [1.54, 1.807) is 0 Å². The Balaban J connectivity index is 2.16. The van der Waals surface area contributed by atoms with Crippen LogP contribution in [-0.4, -0.2) is 45.0 Å². The van der Waals surface area contributed by atoms with Crippen molar-refractivity contribution in [3.63, 3.8) is 0 Å². The first-order chi connectivity index (χ1) is 7.93. The third-order valence-corrected chi connectivity index (χ3v) is 4.98. The van der Waals surface area contributed by atoms with Crippen molar-refractivity contribution in [3.8, 4) is 0 Å². The molecule has 2 N–H and O–H groups in total. The van der Waals surface area contributed by atoms with Crippen LogP contribution in [0.5, 0.6) is 0 Å². The first kappa shape index (κ1) is 14.4. The molecule has 0 bridgehead atoms. The van der Waals surface area contributed by atoms with Gasteiger partial charge in [-0.25, -0.2) is 8.42 Å². The number of carbonyl (C=O) groups excluding carboxylic acids is 1. The molecular formula is C11H22N2O3S. The van der Waals surface area contributed by atoms with E-state index in [0.717, 1.165) is 6.42 Å². The van der Waals surface area contributed by atoms with Crippen LogP contribution in [-0.2, 0) is 14.6 Å². The van der Waals surface area contributed by atoms with E-state index in [1.807, 2.05) is 6.92 Å². The predicted octanol–water partition coefficient (Wildman–Crippen LogP) is -0.0746. The number of carbonyl (C=O) groups is 1. The molecule has 17 heavy (non-hydrogen) atoms. The SMILES string of the molecule is CCC(C)NCC(=O)NCC1CCS(=O)(=O)C1. The number of rotatable bonds is 6. The molecule has 1 heterocycles. The molecule has 100 valence electrons.